The molecular formula is C20H17BrF2N2O2S. The van der Waals surface area contributed by atoms with Crippen molar-refractivity contribution in [2.24, 2.45) is 10.9 Å². The molecule has 2 aromatic carbocycles. The average Bonchev–Trinajstić information content (AvgIpc) is 3.09. The number of hydrogen-bond donors (Lipinski definition) is 1. The van der Waals surface area contributed by atoms with Gasteiger partial charge in [0.25, 0.3) is 5.91 Å². The molecule has 4 rings (SSSR count). The molecule has 0 aromatic heterocycles. The fourth-order valence-corrected chi connectivity index (χ4v) is 5.23. The molecule has 146 valence electrons. The maximum Gasteiger partial charge on any atom is 0.257 e. The van der Waals surface area contributed by atoms with E-state index < -0.39 is 24.1 Å². The molecule has 2 aromatic rings. The van der Waals surface area contributed by atoms with Crippen LogP contribution in [0.1, 0.15) is 15.9 Å². The summed E-state index contributed by atoms with van der Waals surface area (Å²) in [5.41, 5.74) is -0.232. The zero-order valence-corrected chi connectivity index (χ0v) is 17.1. The minimum absolute atomic E-state index is 0.0604. The molecule has 28 heavy (non-hydrogen) atoms. The van der Waals surface area contributed by atoms with Gasteiger partial charge in [-0.25, -0.2) is 13.8 Å². The third-order valence-corrected chi connectivity index (χ3v) is 6.57. The summed E-state index contributed by atoms with van der Waals surface area (Å²) < 4.78 is 34.6. The van der Waals surface area contributed by atoms with Crippen molar-refractivity contribution in [1.82, 2.24) is 5.32 Å². The lowest BCUT2D eigenvalue weighted by Crippen LogP contribution is -2.44. The monoisotopic (exact) mass is 466 g/mol. The maximum absolute atomic E-state index is 14.7. The van der Waals surface area contributed by atoms with E-state index in [1.165, 1.54) is 17.8 Å². The van der Waals surface area contributed by atoms with Gasteiger partial charge in [-0.1, -0.05) is 45.9 Å². The van der Waals surface area contributed by atoms with E-state index in [-0.39, 0.29) is 18.4 Å². The Balaban J connectivity index is 1.72. The molecule has 0 unspecified atom stereocenters. The largest absolute Gasteiger partial charge is 0.372 e. The number of hydrogen-bond acceptors (Lipinski definition) is 4. The van der Waals surface area contributed by atoms with E-state index in [1.807, 2.05) is 6.07 Å². The van der Waals surface area contributed by atoms with Gasteiger partial charge in [-0.3, -0.25) is 4.79 Å². The molecule has 0 radical (unpaired) electrons. The molecule has 0 bridgehead atoms. The van der Waals surface area contributed by atoms with E-state index in [1.54, 1.807) is 36.4 Å². The van der Waals surface area contributed by atoms with E-state index in [0.29, 0.717) is 26.5 Å². The van der Waals surface area contributed by atoms with Gasteiger partial charge in [-0.05, 0) is 30.3 Å². The number of fused-ring (bicyclic) bond motifs is 1. The van der Waals surface area contributed by atoms with Crippen molar-refractivity contribution in [2.75, 3.05) is 19.0 Å². The van der Waals surface area contributed by atoms with E-state index in [9.17, 15) is 13.6 Å². The van der Waals surface area contributed by atoms with Gasteiger partial charge in [-0.15, -0.1) is 0 Å². The highest BCUT2D eigenvalue weighted by atomic mass is 79.9. The number of amides is 1. The molecule has 1 amide bonds. The molecule has 2 heterocycles. The number of amidine groups is 1. The maximum atomic E-state index is 14.7. The number of aliphatic imine (C=N–C) groups is 1. The number of ether oxygens (including phenoxy) is 1. The van der Waals surface area contributed by atoms with Crippen LogP contribution in [0, 0.1) is 11.7 Å². The Hall–Kier alpha value is -1.77. The van der Waals surface area contributed by atoms with Crippen molar-refractivity contribution < 1.29 is 18.3 Å². The third kappa shape index (κ3) is 3.49. The molecular weight excluding hydrogens is 450 g/mol. The van der Waals surface area contributed by atoms with E-state index >= 15 is 0 Å². The molecule has 1 fully saturated rings. The molecule has 1 saturated heterocycles. The number of halogens is 3. The van der Waals surface area contributed by atoms with Gasteiger partial charge in [0.05, 0.1) is 12.7 Å². The Morgan fingerprint density at radius 3 is 2.86 bits per heavy atom. The molecule has 2 aliphatic heterocycles. The van der Waals surface area contributed by atoms with Crippen LogP contribution in [-0.4, -0.2) is 36.2 Å². The normalized spacial score (nSPS) is 26.5. The van der Waals surface area contributed by atoms with Crippen LogP contribution in [0.4, 0.5) is 8.78 Å². The summed E-state index contributed by atoms with van der Waals surface area (Å²) in [6, 6.07) is 13.4. The molecule has 0 spiro atoms. The second-order valence-corrected chi connectivity index (χ2v) is 8.63. The Labute approximate surface area is 173 Å². The minimum atomic E-state index is -1.07. The fourth-order valence-electron chi connectivity index (χ4n) is 3.65. The molecule has 1 N–H and O–H groups in total. The third-order valence-electron chi connectivity index (χ3n) is 5.08. The Morgan fingerprint density at radius 1 is 1.32 bits per heavy atom. The van der Waals surface area contributed by atoms with Gasteiger partial charge < -0.3 is 10.1 Å². The number of carbonyl (C=O) groups is 1. The van der Waals surface area contributed by atoms with Gasteiger partial charge in [0.2, 0.25) is 0 Å². The van der Waals surface area contributed by atoms with Crippen molar-refractivity contribution in [3.8, 4) is 0 Å². The lowest BCUT2D eigenvalue weighted by Gasteiger charge is -2.36. The number of nitrogens with one attached hydrogen (secondary N) is 1. The zero-order chi connectivity index (χ0) is 19.7. The SMILES string of the molecule is O=C(NC1=N[C@@]2(c3cc(Br)ccc3F)CO[C@H](CF)[C@H]2CS1)c1ccccc1. The highest BCUT2D eigenvalue weighted by molar-refractivity contribution is 9.10. The van der Waals surface area contributed by atoms with Gasteiger partial charge in [0.1, 0.15) is 18.0 Å². The number of benzene rings is 2. The topological polar surface area (TPSA) is 50.7 Å². The molecule has 4 nitrogen and oxygen atoms in total. The van der Waals surface area contributed by atoms with Crippen molar-refractivity contribution >= 4 is 38.8 Å². The summed E-state index contributed by atoms with van der Waals surface area (Å²) in [4.78, 5) is 17.2. The zero-order valence-electron chi connectivity index (χ0n) is 14.7. The Kier molecular flexibility index (Phi) is 5.53. The van der Waals surface area contributed by atoms with Crippen LogP contribution in [0.3, 0.4) is 0 Å². The van der Waals surface area contributed by atoms with E-state index in [0.717, 1.165) is 0 Å². The molecule has 2 aliphatic rings. The Bertz CT molecular complexity index is 928. The van der Waals surface area contributed by atoms with Gasteiger partial charge in [0.15, 0.2) is 5.17 Å². The Morgan fingerprint density at radius 2 is 2.11 bits per heavy atom. The van der Waals surface area contributed by atoms with Gasteiger partial charge in [0, 0.05) is 27.3 Å². The van der Waals surface area contributed by atoms with Crippen molar-refractivity contribution in [3.05, 3.63) is 69.9 Å². The first-order valence-electron chi connectivity index (χ1n) is 8.75. The van der Waals surface area contributed by atoms with Gasteiger partial charge in [-0.2, -0.15) is 0 Å². The van der Waals surface area contributed by atoms with Crippen LogP contribution >= 0.6 is 27.7 Å². The summed E-state index contributed by atoms with van der Waals surface area (Å²) >= 11 is 4.69. The van der Waals surface area contributed by atoms with Crippen molar-refractivity contribution in [1.29, 1.82) is 0 Å². The standard InChI is InChI=1S/C20H17BrF2N2O2S/c21-13-6-7-16(23)14(8-13)20-11-27-17(9-22)15(20)10-28-19(25-20)24-18(26)12-4-2-1-3-5-12/h1-8,15,17H,9-11H2,(H,24,25,26)/t15-,17-,20-/m1/s1. The molecule has 8 heteroatoms. The first-order chi connectivity index (χ1) is 13.5. The first kappa shape index (κ1) is 19.5. The highest BCUT2D eigenvalue weighted by Gasteiger charge is 2.54. The summed E-state index contributed by atoms with van der Waals surface area (Å²) in [5.74, 6) is -0.588. The second kappa shape index (κ2) is 7.93. The molecule has 3 atom stereocenters. The number of carbonyl (C=O) groups excluding carboxylic acids is 1. The highest BCUT2D eigenvalue weighted by Crippen LogP contribution is 2.48. The smallest absolute Gasteiger partial charge is 0.257 e. The lowest BCUT2D eigenvalue weighted by atomic mass is 9.79. The fraction of sp³-hybridized carbons (Fsp3) is 0.300. The predicted octanol–water partition coefficient (Wildman–Crippen LogP) is 4.30. The number of alkyl halides is 1. The average molecular weight is 467 g/mol. The first-order valence-corrected chi connectivity index (χ1v) is 10.5. The summed E-state index contributed by atoms with van der Waals surface area (Å²) in [6.07, 6.45) is -0.652. The number of thioether (sulfide) groups is 1. The van der Waals surface area contributed by atoms with E-state index in [2.05, 4.69) is 21.2 Å². The van der Waals surface area contributed by atoms with E-state index in [4.69, 9.17) is 9.73 Å². The molecule has 0 aliphatic carbocycles. The quantitative estimate of drug-likeness (QED) is 0.733. The minimum Gasteiger partial charge on any atom is -0.372 e. The predicted molar refractivity (Wildman–Crippen MR) is 109 cm³/mol. The van der Waals surface area contributed by atoms with Crippen LogP contribution in [0.25, 0.3) is 0 Å². The number of nitrogens with zero attached hydrogens (tertiary/aromatic N) is 1. The van der Waals surface area contributed by atoms with Gasteiger partial charge >= 0.3 is 0 Å². The summed E-state index contributed by atoms with van der Waals surface area (Å²) in [7, 11) is 0. The second-order valence-electron chi connectivity index (χ2n) is 6.71. The summed E-state index contributed by atoms with van der Waals surface area (Å²) in [5, 5.41) is 3.18. The van der Waals surface area contributed by atoms with Crippen molar-refractivity contribution in [3.63, 3.8) is 0 Å². The van der Waals surface area contributed by atoms with Crippen LogP contribution in [-0.2, 0) is 10.3 Å². The number of rotatable bonds is 3. The summed E-state index contributed by atoms with van der Waals surface area (Å²) in [6.45, 7) is -0.602. The molecule has 0 saturated carbocycles. The van der Waals surface area contributed by atoms with Crippen LogP contribution in [0.5, 0.6) is 0 Å². The van der Waals surface area contributed by atoms with Crippen LogP contribution in [0.2, 0.25) is 0 Å². The van der Waals surface area contributed by atoms with Crippen molar-refractivity contribution in [2.45, 2.75) is 11.6 Å². The van der Waals surface area contributed by atoms with Crippen LogP contribution in [0.15, 0.2) is 58.0 Å². The van der Waals surface area contributed by atoms with Crippen LogP contribution < -0.4 is 5.32 Å². The lowest BCUT2D eigenvalue weighted by molar-refractivity contribution is 0.0721.